The lowest BCUT2D eigenvalue weighted by Gasteiger charge is -2.34. The molecule has 0 unspecified atom stereocenters. The van der Waals surface area contributed by atoms with E-state index in [1.54, 1.807) is 6.26 Å². The summed E-state index contributed by atoms with van der Waals surface area (Å²) in [4.78, 5) is 0. The summed E-state index contributed by atoms with van der Waals surface area (Å²) in [6.07, 6.45) is 4.91. The van der Waals surface area contributed by atoms with Crippen LogP contribution in [0.5, 0.6) is 0 Å². The monoisotopic (exact) mass is 339 g/mol. The molecule has 0 aliphatic carbocycles. The van der Waals surface area contributed by atoms with Crippen molar-refractivity contribution in [3.05, 3.63) is 24.2 Å². The summed E-state index contributed by atoms with van der Waals surface area (Å²) in [7, 11) is 3.61. The highest BCUT2D eigenvalue weighted by Crippen LogP contribution is 2.14. The zero-order valence-corrected chi connectivity index (χ0v) is 13.5. The minimum atomic E-state index is -0.984. The topological polar surface area (TPSA) is 13.1 Å². The van der Waals surface area contributed by atoms with E-state index in [1.807, 2.05) is 6.26 Å². The van der Waals surface area contributed by atoms with Crippen LogP contribution >= 0.6 is 0 Å². The molecule has 0 radical (unpaired) electrons. The van der Waals surface area contributed by atoms with E-state index in [9.17, 15) is 0 Å². The third-order valence-corrected chi connectivity index (χ3v) is 3.90. The van der Waals surface area contributed by atoms with E-state index in [0.29, 0.717) is 0 Å². The number of hydrogen-bond acceptors (Lipinski definition) is 1. The Hall–Kier alpha value is 0.187. The van der Waals surface area contributed by atoms with Crippen LogP contribution in [0.2, 0.25) is 19.6 Å². The van der Waals surface area contributed by atoms with Gasteiger partial charge in [0, 0.05) is 5.56 Å². The first-order chi connectivity index (χ1) is 6.29. The summed E-state index contributed by atoms with van der Waals surface area (Å²) in [6, 6.07) is 2.06. The fourth-order valence-electron chi connectivity index (χ4n) is 2.22. The van der Waals surface area contributed by atoms with E-state index in [1.165, 1.54) is 11.7 Å². The number of nitrogens with zero attached hydrogens (tertiary/aromatic N) is 1. The van der Waals surface area contributed by atoms with E-state index >= 15 is 0 Å². The van der Waals surface area contributed by atoms with Crippen molar-refractivity contribution in [1.29, 1.82) is 0 Å². The zero-order chi connectivity index (χ0) is 10.8. The molecule has 1 rings (SSSR count). The minimum Gasteiger partial charge on any atom is -1.00 e. The first kappa shape index (κ1) is 15.2. The number of quaternary nitrogens is 1. The van der Waals surface area contributed by atoms with Crippen molar-refractivity contribution in [2.45, 2.75) is 26.2 Å². The van der Waals surface area contributed by atoms with Gasteiger partial charge in [0.15, 0.2) is 0 Å². The Morgan fingerprint density at radius 2 is 1.87 bits per heavy atom. The Morgan fingerprint density at radius 1 is 1.27 bits per heavy atom. The largest absolute Gasteiger partial charge is 1.00 e. The van der Waals surface area contributed by atoms with Crippen molar-refractivity contribution in [3.8, 4) is 0 Å². The second-order valence-electron chi connectivity index (χ2n) is 5.94. The zero-order valence-electron chi connectivity index (χ0n) is 10.4. The third-order valence-electron chi connectivity index (χ3n) is 2.09. The molecule has 0 aliphatic heterocycles. The van der Waals surface area contributed by atoms with Gasteiger partial charge in [0.05, 0.1) is 32.8 Å². The Kier molecular flexibility index (Phi) is 5.56. The molecule has 2 nitrogen and oxygen atoms in total. The van der Waals surface area contributed by atoms with Crippen molar-refractivity contribution in [3.63, 3.8) is 0 Å². The van der Waals surface area contributed by atoms with Gasteiger partial charge in [-0.3, -0.25) is 0 Å². The van der Waals surface area contributed by atoms with Gasteiger partial charge in [-0.1, -0.05) is 19.6 Å². The fraction of sp³-hybridized carbons (Fsp3) is 0.636. The predicted molar refractivity (Wildman–Crippen MR) is 62.7 cm³/mol. The maximum absolute atomic E-state index is 5.09. The molecule has 1 aromatic rings. The Labute approximate surface area is 111 Å². The first-order valence-corrected chi connectivity index (χ1v) is 8.82. The van der Waals surface area contributed by atoms with E-state index < -0.39 is 8.07 Å². The smallest absolute Gasteiger partial charge is 0.110 e. The highest BCUT2D eigenvalue weighted by Gasteiger charge is 2.26. The molecular weight excluding hydrogens is 317 g/mol. The quantitative estimate of drug-likeness (QED) is 0.419. The lowest BCUT2D eigenvalue weighted by molar-refractivity contribution is -0.894. The average Bonchev–Trinajstić information content (AvgIpc) is 2.31. The van der Waals surface area contributed by atoms with Gasteiger partial charge in [-0.05, 0) is 6.07 Å². The molecule has 15 heavy (non-hydrogen) atoms. The van der Waals surface area contributed by atoms with Crippen molar-refractivity contribution in [2.75, 3.05) is 20.3 Å². The van der Waals surface area contributed by atoms with Gasteiger partial charge in [-0.15, -0.1) is 0 Å². The summed E-state index contributed by atoms with van der Waals surface area (Å²) in [6.45, 7) is 8.33. The molecule has 1 heterocycles. The molecule has 4 heteroatoms. The molecule has 0 atom stereocenters. The van der Waals surface area contributed by atoms with Crippen molar-refractivity contribution in [2.24, 2.45) is 0 Å². The first-order valence-electron chi connectivity index (χ1n) is 5.12. The van der Waals surface area contributed by atoms with Gasteiger partial charge >= 0.3 is 0 Å². The van der Waals surface area contributed by atoms with Gasteiger partial charge in [0.2, 0.25) is 0 Å². The van der Waals surface area contributed by atoms with Crippen molar-refractivity contribution >= 4 is 8.07 Å². The molecule has 0 N–H and O–H groups in total. The van der Waals surface area contributed by atoms with Crippen LogP contribution in [0, 0.1) is 0 Å². The third kappa shape index (κ3) is 6.37. The molecule has 0 fully saturated rings. The Balaban J connectivity index is 0.00000196. The molecular formula is C11H22INOSi. The van der Waals surface area contributed by atoms with Crippen molar-refractivity contribution < 1.29 is 32.9 Å². The standard InChI is InChI=1S/C11H22NOSi.HI/c1-12(2,10-14(3,4)5)8-11-6-7-13-9-11;/h6-7,9H,8,10H2,1-5H3;1H/q+1;/p-1. The van der Waals surface area contributed by atoms with Crippen LogP contribution in [-0.4, -0.2) is 32.8 Å². The summed E-state index contributed by atoms with van der Waals surface area (Å²) in [5.74, 6) is 0. The number of halogens is 1. The molecule has 0 spiro atoms. The maximum Gasteiger partial charge on any atom is 0.110 e. The molecule has 0 bridgehead atoms. The van der Waals surface area contributed by atoms with Crippen LogP contribution in [0.1, 0.15) is 5.56 Å². The van der Waals surface area contributed by atoms with Crippen molar-refractivity contribution in [1.82, 2.24) is 0 Å². The molecule has 0 saturated heterocycles. The minimum absolute atomic E-state index is 0. The van der Waals surface area contributed by atoms with Gasteiger partial charge in [-0.25, -0.2) is 0 Å². The van der Waals surface area contributed by atoms with Gasteiger partial charge in [-0.2, -0.15) is 0 Å². The average molecular weight is 339 g/mol. The van der Waals surface area contributed by atoms with Crippen LogP contribution in [0.15, 0.2) is 23.0 Å². The summed E-state index contributed by atoms with van der Waals surface area (Å²) < 4.78 is 6.16. The van der Waals surface area contributed by atoms with E-state index in [-0.39, 0.29) is 24.0 Å². The second-order valence-corrected chi connectivity index (χ2v) is 11.4. The van der Waals surface area contributed by atoms with Crippen LogP contribution in [0.4, 0.5) is 0 Å². The van der Waals surface area contributed by atoms with Gasteiger partial charge < -0.3 is 32.9 Å². The highest BCUT2D eigenvalue weighted by molar-refractivity contribution is 6.75. The maximum atomic E-state index is 5.09. The molecule has 0 amide bonds. The lowest BCUT2D eigenvalue weighted by atomic mass is 10.3. The molecule has 0 aromatic carbocycles. The van der Waals surface area contributed by atoms with Crippen LogP contribution in [-0.2, 0) is 6.54 Å². The molecule has 0 saturated carbocycles. The highest BCUT2D eigenvalue weighted by atomic mass is 127. The lowest BCUT2D eigenvalue weighted by Crippen LogP contribution is -3.00. The van der Waals surface area contributed by atoms with Gasteiger partial charge in [0.25, 0.3) is 0 Å². The van der Waals surface area contributed by atoms with E-state index in [2.05, 4.69) is 39.8 Å². The van der Waals surface area contributed by atoms with Crippen LogP contribution < -0.4 is 24.0 Å². The van der Waals surface area contributed by atoms with Gasteiger partial charge in [0.1, 0.15) is 14.6 Å². The normalized spacial score (nSPS) is 12.3. The SMILES string of the molecule is C[N+](C)(Cc1ccoc1)C[Si](C)(C)C.[I-]. The number of rotatable bonds is 4. The Morgan fingerprint density at radius 3 is 2.27 bits per heavy atom. The predicted octanol–water partition coefficient (Wildman–Crippen LogP) is -0.263. The number of hydrogen-bond donors (Lipinski definition) is 0. The molecule has 0 aliphatic rings. The molecule has 1 aromatic heterocycles. The summed E-state index contributed by atoms with van der Waals surface area (Å²) >= 11 is 0. The van der Waals surface area contributed by atoms with E-state index in [0.717, 1.165) is 11.0 Å². The van der Waals surface area contributed by atoms with Crippen LogP contribution in [0.25, 0.3) is 0 Å². The summed E-state index contributed by atoms with van der Waals surface area (Å²) in [5, 5.41) is 0. The number of furan rings is 1. The van der Waals surface area contributed by atoms with E-state index in [4.69, 9.17) is 4.42 Å². The summed E-state index contributed by atoms with van der Waals surface area (Å²) in [5.41, 5.74) is 1.30. The molecule has 88 valence electrons. The Bertz CT molecular complexity index is 277. The fourth-order valence-corrected chi connectivity index (χ4v) is 4.90. The second kappa shape index (κ2) is 5.50. The van der Waals surface area contributed by atoms with Crippen LogP contribution in [0.3, 0.4) is 0 Å².